The summed E-state index contributed by atoms with van der Waals surface area (Å²) in [5, 5.41) is 0. The molecule has 0 saturated carbocycles. The Hall–Kier alpha value is -6.23. The zero-order chi connectivity index (χ0) is 41.8. The number of ether oxygens (including phenoxy) is 9. The lowest BCUT2D eigenvalue weighted by atomic mass is 9.81. The number of hydrogen-bond donors (Lipinski definition) is 0. The van der Waals surface area contributed by atoms with Gasteiger partial charge in [0.2, 0.25) is 18.5 Å². The molecule has 0 spiro atoms. The summed E-state index contributed by atoms with van der Waals surface area (Å²) < 4.78 is 51.8. The number of carbonyl (C=O) groups is 5. The van der Waals surface area contributed by atoms with Crippen molar-refractivity contribution in [2.45, 2.75) is 83.3 Å². The molecule has 1 aliphatic heterocycles. The van der Waals surface area contributed by atoms with Gasteiger partial charge in [-0.1, -0.05) is 91.0 Å². The molecule has 1 aromatic heterocycles. The molecule has 1 aliphatic rings. The summed E-state index contributed by atoms with van der Waals surface area (Å²) in [6.45, 7) is 5.19. The number of aryl methyl sites for hydroxylation is 1. The van der Waals surface area contributed by atoms with Gasteiger partial charge in [0, 0.05) is 33.6 Å². The Morgan fingerprint density at radius 1 is 0.690 bits per heavy atom. The minimum Gasteiger partial charge on any atom is -0.467 e. The van der Waals surface area contributed by atoms with Crippen molar-refractivity contribution in [2.24, 2.45) is 0 Å². The van der Waals surface area contributed by atoms with Crippen molar-refractivity contribution < 1.29 is 66.6 Å². The standard InChI is InChI=1S/C42H44N2O14/c1-25-22-32(24-52-23-29-16-10-7-11-17-29)44-41(43-25)57-37(42(51-6,30-18-12-8-13-19-30)31-20-14-9-15-21-31)39(49)58-40-36(55-28(4)47)34(54-27(3)46)33(53-26(2)45)35(56-40)38(48)50-5/h7-22,33-37,40H,23-24H2,1-6H3/t33-,34-,35-,36+,37+,40-/m0/s1. The van der Waals surface area contributed by atoms with E-state index in [0.717, 1.165) is 33.4 Å². The third-order valence-electron chi connectivity index (χ3n) is 8.85. The molecule has 0 amide bonds. The third kappa shape index (κ3) is 10.4. The van der Waals surface area contributed by atoms with Crippen LogP contribution >= 0.6 is 0 Å². The van der Waals surface area contributed by atoms with Crippen molar-refractivity contribution in [1.29, 1.82) is 0 Å². The van der Waals surface area contributed by atoms with Crippen LogP contribution in [0.5, 0.6) is 6.01 Å². The van der Waals surface area contributed by atoms with E-state index < -0.39 is 72.3 Å². The van der Waals surface area contributed by atoms with Crippen LogP contribution in [0, 0.1) is 6.92 Å². The van der Waals surface area contributed by atoms with Crippen molar-refractivity contribution in [2.75, 3.05) is 14.2 Å². The van der Waals surface area contributed by atoms with Crippen LogP contribution in [0.1, 0.15) is 48.8 Å². The number of rotatable bonds is 16. The smallest absolute Gasteiger partial charge is 0.353 e. The molecule has 2 heterocycles. The Kier molecular flexibility index (Phi) is 14.6. The average molecular weight is 801 g/mol. The first-order chi connectivity index (χ1) is 27.9. The highest BCUT2D eigenvalue weighted by Gasteiger charge is 2.58. The van der Waals surface area contributed by atoms with Crippen molar-refractivity contribution >= 4 is 29.8 Å². The Labute approximate surface area is 334 Å². The number of benzene rings is 3. The van der Waals surface area contributed by atoms with Crippen LogP contribution in [0.2, 0.25) is 0 Å². The van der Waals surface area contributed by atoms with Crippen molar-refractivity contribution in [3.05, 3.63) is 125 Å². The van der Waals surface area contributed by atoms with Crippen molar-refractivity contribution in [3.63, 3.8) is 0 Å². The molecule has 4 aromatic rings. The minimum absolute atomic E-state index is 0.0620. The maximum atomic E-state index is 15.0. The Bertz CT molecular complexity index is 1990. The molecule has 0 radical (unpaired) electrons. The van der Waals surface area contributed by atoms with Gasteiger partial charge in [-0.25, -0.2) is 14.6 Å². The number of methoxy groups -OCH3 is 2. The SMILES string of the molecule is COC(=O)[C@H]1O[C@@H](OC(=O)[C@@H](Oc2nc(C)cc(COCc3ccccc3)n2)C(OC)(c2ccccc2)c2ccccc2)[C@H](OC(C)=O)[C@@H](OC(C)=O)[C@@H]1OC(C)=O. The fourth-order valence-electron chi connectivity index (χ4n) is 6.52. The molecular formula is C42H44N2O14. The second-order valence-corrected chi connectivity index (χ2v) is 13.0. The Balaban J connectivity index is 1.62. The highest BCUT2D eigenvalue weighted by Crippen LogP contribution is 2.40. The summed E-state index contributed by atoms with van der Waals surface area (Å²) in [5.41, 5.74) is 0.923. The van der Waals surface area contributed by atoms with Gasteiger partial charge in [0.05, 0.1) is 26.0 Å². The van der Waals surface area contributed by atoms with Crippen LogP contribution in [0.3, 0.4) is 0 Å². The normalized spacial score (nSPS) is 19.5. The van der Waals surface area contributed by atoms with E-state index in [2.05, 4.69) is 9.97 Å². The van der Waals surface area contributed by atoms with Gasteiger partial charge >= 0.3 is 35.9 Å². The molecule has 1 fully saturated rings. The molecule has 1 saturated heterocycles. The first-order valence-electron chi connectivity index (χ1n) is 18.1. The molecule has 5 rings (SSSR count). The van der Waals surface area contributed by atoms with Crippen molar-refractivity contribution in [3.8, 4) is 6.01 Å². The molecule has 0 aliphatic carbocycles. The van der Waals surface area contributed by atoms with Gasteiger partial charge in [-0.2, -0.15) is 4.98 Å². The molecule has 16 heteroatoms. The molecule has 0 unspecified atom stereocenters. The molecule has 0 N–H and O–H groups in total. The zero-order valence-electron chi connectivity index (χ0n) is 32.7. The van der Waals surface area contributed by atoms with Gasteiger partial charge in [0.25, 0.3) is 0 Å². The monoisotopic (exact) mass is 800 g/mol. The first kappa shape index (κ1) is 42.9. The lowest BCUT2D eigenvalue weighted by Crippen LogP contribution is -2.64. The second kappa shape index (κ2) is 19.8. The summed E-state index contributed by atoms with van der Waals surface area (Å²) in [6.07, 6.45) is -10.9. The van der Waals surface area contributed by atoms with Gasteiger partial charge in [-0.3, -0.25) is 14.4 Å². The molecule has 16 nitrogen and oxygen atoms in total. The number of hydrogen-bond acceptors (Lipinski definition) is 16. The number of carbonyl (C=O) groups excluding carboxylic acids is 5. The van der Waals surface area contributed by atoms with Crippen LogP contribution < -0.4 is 4.74 Å². The Morgan fingerprint density at radius 2 is 1.22 bits per heavy atom. The van der Waals surface area contributed by atoms with E-state index in [0.29, 0.717) is 29.1 Å². The second-order valence-electron chi connectivity index (χ2n) is 13.0. The quantitative estimate of drug-likeness (QED) is 0.116. The minimum atomic E-state index is -2.00. The number of esters is 5. The summed E-state index contributed by atoms with van der Waals surface area (Å²) >= 11 is 0. The van der Waals surface area contributed by atoms with Gasteiger partial charge in [0.15, 0.2) is 23.9 Å². The van der Waals surface area contributed by atoms with Crippen LogP contribution in [0.25, 0.3) is 0 Å². The van der Waals surface area contributed by atoms with Crippen molar-refractivity contribution in [1.82, 2.24) is 9.97 Å². The predicted octanol–water partition coefficient (Wildman–Crippen LogP) is 4.08. The molecule has 306 valence electrons. The highest BCUT2D eigenvalue weighted by atomic mass is 16.8. The summed E-state index contributed by atoms with van der Waals surface area (Å²) in [7, 11) is 2.41. The highest BCUT2D eigenvalue weighted by molar-refractivity contribution is 5.80. The third-order valence-corrected chi connectivity index (χ3v) is 8.85. The topological polar surface area (TPSA) is 194 Å². The number of aromatic nitrogens is 2. The molecular weight excluding hydrogens is 756 g/mol. The average Bonchev–Trinajstić information content (AvgIpc) is 3.20. The van der Waals surface area contributed by atoms with Crippen LogP contribution in [-0.2, 0) is 80.7 Å². The van der Waals surface area contributed by atoms with Gasteiger partial charge in [0.1, 0.15) is 0 Å². The number of nitrogens with zero attached hydrogens (tertiary/aromatic N) is 2. The van der Waals surface area contributed by atoms with Crippen LogP contribution in [-0.4, -0.2) is 90.8 Å². The van der Waals surface area contributed by atoms with Gasteiger partial charge < -0.3 is 42.6 Å². The summed E-state index contributed by atoms with van der Waals surface area (Å²) in [5.74, 6) is -5.02. The first-order valence-corrected chi connectivity index (χ1v) is 18.1. The fourth-order valence-corrected chi connectivity index (χ4v) is 6.52. The largest absolute Gasteiger partial charge is 0.467 e. The lowest BCUT2D eigenvalue weighted by Gasteiger charge is -2.44. The molecule has 6 atom stereocenters. The molecule has 0 bridgehead atoms. The van der Waals surface area contributed by atoms with E-state index in [4.69, 9.17) is 42.6 Å². The Morgan fingerprint density at radius 3 is 1.76 bits per heavy atom. The summed E-state index contributed by atoms with van der Waals surface area (Å²) in [6, 6.07) is 28.3. The zero-order valence-corrected chi connectivity index (χ0v) is 32.7. The summed E-state index contributed by atoms with van der Waals surface area (Å²) in [4.78, 5) is 74.3. The maximum Gasteiger partial charge on any atom is 0.353 e. The molecule has 3 aromatic carbocycles. The molecule has 58 heavy (non-hydrogen) atoms. The van der Waals surface area contributed by atoms with E-state index in [-0.39, 0.29) is 12.6 Å². The van der Waals surface area contributed by atoms with Gasteiger partial charge in [-0.05, 0) is 29.7 Å². The van der Waals surface area contributed by atoms with E-state index >= 15 is 0 Å². The fraction of sp³-hybridized carbons (Fsp3) is 0.357. The van der Waals surface area contributed by atoms with E-state index in [1.54, 1.807) is 73.7 Å². The van der Waals surface area contributed by atoms with Crippen LogP contribution in [0.15, 0.2) is 97.1 Å². The van der Waals surface area contributed by atoms with Gasteiger partial charge in [-0.15, -0.1) is 0 Å². The maximum absolute atomic E-state index is 15.0. The van der Waals surface area contributed by atoms with Crippen LogP contribution in [0.4, 0.5) is 0 Å². The predicted molar refractivity (Wildman–Crippen MR) is 200 cm³/mol. The lowest BCUT2D eigenvalue weighted by molar-refractivity contribution is -0.297. The van der Waals surface area contributed by atoms with E-state index in [9.17, 15) is 24.0 Å². The van der Waals surface area contributed by atoms with E-state index in [1.807, 2.05) is 30.3 Å². The van der Waals surface area contributed by atoms with E-state index in [1.165, 1.54) is 7.11 Å².